The van der Waals surface area contributed by atoms with Gasteiger partial charge in [-0.1, -0.05) is 31.4 Å². The van der Waals surface area contributed by atoms with Crippen molar-refractivity contribution in [1.82, 2.24) is 19.5 Å². The molecule has 3 aromatic rings. The van der Waals surface area contributed by atoms with E-state index in [9.17, 15) is 5.26 Å². The van der Waals surface area contributed by atoms with E-state index in [1.54, 1.807) is 24.5 Å². The molecule has 7 heteroatoms. The smallest absolute Gasteiger partial charge is 0.201 e. The third kappa shape index (κ3) is 3.47. The van der Waals surface area contributed by atoms with Crippen LogP contribution in [0.25, 0.3) is 22.3 Å². The molecule has 138 valence electrons. The minimum Gasteiger partial charge on any atom is -0.369 e. The Morgan fingerprint density at radius 3 is 2.70 bits per heavy atom. The zero-order valence-electron chi connectivity index (χ0n) is 15.2. The highest BCUT2D eigenvalue weighted by atomic mass is 35.5. The van der Waals surface area contributed by atoms with Crippen LogP contribution in [0.1, 0.15) is 38.3 Å². The molecule has 4 rings (SSSR count). The molecule has 1 aliphatic carbocycles. The monoisotopic (exact) mass is 380 g/mol. The molecule has 3 heterocycles. The van der Waals surface area contributed by atoms with Gasteiger partial charge in [0.05, 0.1) is 21.7 Å². The molecular formula is C20H21ClN6. The summed E-state index contributed by atoms with van der Waals surface area (Å²) in [6, 6.07) is 5.59. The number of nitrogens with zero attached hydrogens (tertiary/aromatic N) is 5. The maximum atomic E-state index is 9.36. The van der Waals surface area contributed by atoms with Crippen LogP contribution < -0.4 is 5.73 Å². The molecule has 0 atom stereocenters. The van der Waals surface area contributed by atoms with Crippen molar-refractivity contribution in [1.29, 1.82) is 5.26 Å². The minimum atomic E-state index is 0.300. The number of anilines is 1. The molecule has 3 aromatic heterocycles. The maximum Gasteiger partial charge on any atom is 0.201 e. The molecule has 0 unspecified atom stereocenters. The first-order chi connectivity index (χ1) is 13.0. The van der Waals surface area contributed by atoms with Gasteiger partial charge in [-0.3, -0.25) is 4.98 Å². The van der Waals surface area contributed by atoms with E-state index in [4.69, 9.17) is 17.3 Å². The van der Waals surface area contributed by atoms with Gasteiger partial charge in [0, 0.05) is 30.6 Å². The summed E-state index contributed by atoms with van der Waals surface area (Å²) in [6.45, 7) is 3.12. The zero-order valence-corrected chi connectivity index (χ0v) is 15.9. The van der Waals surface area contributed by atoms with E-state index >= 15 is 0 Å². The number of halogens is 1. The molecule has 0 aromatic carbocycles. The average Bonchev–Trinajstić information content (AvgIpc) is 2.98. The second-order valence-corrected chi connectivity index (χ2v) is 7.87. The molecule has 1 fully saturated rings. The van der Waals surface area contributed by atoms with Crippen LogP contribution in [0.15, 0.2) is 24.5 Å². The van der Waals surface area contributed by atoms with Gasteiger partial charge in [0.25, 0.3) is 0 Å². The third-order valence-corrected chi connectivity index (χ3v) is 5.63. The van der Waals surface area contributed by atoms with Crippen LogP contribution in [0.2, 0.25) is 5.02 Å². The lowest BCUT2D eigenvalue weighted by Crippen LogP contribution is -2.19. The van der Waals surface area contributed by atoms with Crippen molar-refractivity contribution in [2.75, 3.05) is 5.73 Å². The van der Waals surface area contributed by atoms with Gasteiger partial charge in [0.1, 0.15) is 11.8 Å². The van der Waals surface area contributed by atoms with Crippen LogP contribution >= 0.6 is 11.6 Å². The lowest BCUT2D eigenvalue weighted by Gasteiger charge is -2.27. The number of nitrogen functional groups attached to an aromatic ring is 1. The standard InChI is InChI=1S/C20H21ClN6/c1-12-2-4-13(5-3-12)11-27-19-17(26-20(27)23)7-16(8-22)25-18(19)14-6-15(21)10-24-9-14/h6-7,9-10,12-13H,2-5,11H2,1H3,(H2,23,26). The highest BCUT2D eigenvalue weighted by molar-refractivity contribution is 6.30. The molecule has 0 amide bonds. The van der Waals surface area contributed by atoms with Gasteiger partial charge in [-0.15, -0.1) is 0 Å². The molecule has 2 N–H and O–H groups in total. The fourth-order valence-corrected chi connectivity index (χ4v) is 4.10. The number of imidazole rings is 1. The quantitative estimate of drug-likeness (QED) is 0.725. The summed E-state index contributed by atoms with van der Waals surface area (Å²) in [6.07, 6.45) is 8.16. The molecule has 0 bridgehead atoms. The first-order valence-electron chi connectivity index (χ1n) is 9.23. The Kier molecular flexibility index (Phi) is 4.71. The predicted molar refractivity (Wildman–Crippen MR) is 106 cm³/mol. The van der Waals surface area contributed by atoms with Crippen molar-refractivity contribution < 1.29 is 0 Å². The topological polar surface area (TPSA) is 93.4 Å². The Morgan fingerprint density at radius 2 is 2.00 bits per heavy atom. The molecular weight excluding hydrogens is 360 g/mol. The molecule has 27 heavy (non-hydrogen) atoms. The fraction of sp³-hybridized carbons (Fsp3) is 0.400. The largest absolute Gasteiger partial charge is 0.369 e. The van der Waals surface area contributed by atoms with Crippen LogP contribution in [-0.4, -0.2) is 19.5 Å². The second-order valence-electron chi connectivity index (χ2n) is 7.43. The van der Waals surface area contributed by atoms with Crippen LogP contribution in [-0.2, 0) is 6.54 Å². The number of rotatable bonds is 3. The highest BCUT2D eigenvalue weighted by Crippen LogP contribution is 2.34. The lowest BCUT2D eigenvalue weighted by molar-refractivity contribution is 0.267. The number of aromatic nitrogens is 4. The van der Waals surface area contributed by atoms with Gasteiger partial charge in [-0.25, -0.2) is 9.97 Å². The Bertz CT molecular complexity index is 1030. The second kappa shape index (κ2) is 7.16. The average molecular weight is 381 g/mol. The van der Waals surface area contributed by atoms with E-state index in [-0.39, 0.29) is 0 Å². The van der Waals surface area contributed by atoms with E-state index in [1.807, 2.05) is 4.57 Å². The Labute approximate surface area is 163 Å². The summed E-state index contributed by atoms with van der Waals surface area (Å²) in [5.41, 5.74) is 9.48. The molecule has 0 spiro atoms. The number of hydrogen-bond donors (Lipinski definition) is 1. The Hall–Kier alpha value is -2.65. The van der Waals surface area contributed by atoms with Crippen molar-refractivity contribution in [2.45, 2.75) is 39.2 Å². The van der Waals surface area contributed by atoms with Crippen molar-refractivity contribution in [3.8, 4) is 17.3 Å². The van der Waals surface area contributed by atoms with Gasteiger partial charge in [-0.2, -0.15) is 5.26 Å². The molecule has 0 radical (unpaired) electrons. The van der Waals surface area contributed by atoms with E-state index < -0.39 is 0 Å². The third-order valence-electron chi connectivity index (χ3n) is 5.42. The number of hydrogen-bond acceptors (Lipinski definition) is 5. The maximum absolute atomic E-state index is 9.36. The number of fused-ring (bicyclic) bond motifs is 1. The fourth-order valence-electron chi connectivity index (χ4n) is 3.93. The summed E-state index contributed by atoms with van der Waals surface area (Å²) in [7, 11) is 0. The first kappa shape index (κ1) is 17.7. The van der Waals surface area contributed by atoms with Crippen LogP contribution in [0.5, 0.6) is 0 Å². The van der Waals surface area contributed by atoms with Crippen LogP contribution in [0, 0.1) is 23.2 Å². The molecule has 0 aliphatic heterocycles. The van der Waals surface area contributed by atoms with Crippen molar-refractivity contribution >= 4 is 28.6 Å². The summed E-state index contributed by atoms with van der Waals surface area (Å²) < 4.78 is 2.04. The first-order valence-corrected chi connectivity index (χ1v) is 9.60. The summed E-state index contributed by atoms with van der Waals surface area (Å²) in [5, 5.41) is 9.88. The van der Waals surface area contributed by atoms with Crippen LogP contribution in [0.3, 0.4) is 0 Å². The summed E-state index contributed by atoms with van der Waals surface area (Å²) in [5.74, 6) is 1.82. The van der Waals surface area contributed by atoms with Crippen molar-refractivity contribution in [2.24, 2.45) is 11.8 Å². The van der Waals surface area contributed by atoms with Crippen molar-refractivity contribution in [3.63, 3.8) is 0 Å². The lowest BCUT2D eigenvalue weighted by atomic mass is 9.83. The van der Waals surface area contributed by atoms with E-state index in [0.29, 0.717) is 33.8 Å². The number of nitrogens with two attached hydrogens (primary N) is 1. The highest BCUT2D eigenvalue weighted by Gasteiger charge is 2.23. The Morgan fingerprint density at radius 1 is 1.22 bits per heavy atom. The van der Waals surface area contributed by atoms with Gasteiger partial charge in [-0.05, 0) is 30.7 Å². The van der Waals surface area contributed by atoms with E-state index in [2.05, 4.69) is 27.9 Å². The number of pyridine rings is 2. The van der Waals surface area contributed by atoms with E-state index in [1.165, 1.54) is 25.7 Å². The van der Waals surface area contributed by atoms with Gasteiger partial charge in [0.15, 0.2) is 0 Å². The molecule has 1 saturated carbocycles. The summed E-state index contributed by atoms with van der Waals surface area (Å²) >= 11 is 6.13. The summed E-state index contributed by atoms with van der Waals surface area (Å²) in [4.78, 5) is 13.2. The van der Waals surface area contributed by atoms with Gasteiger partial charge < -0.3 is 10.3 Å². The zero-order chi connectivity index (χ0) is 19.0. The predicted octanol–water partition coefficient (Wildman–Crippen LogP) is 4.43. The molecule has 6 nitrogen and oxygen atoms in total. The number of nitriles is 1. The van der Waals surface area contributed by atoms with Crippen LogP contribution in [0.4, 0.5) is 5.95 Å². The normalized spacial score (nSPS) is 19.9. The Balaban J connectivity index is 1.85. The SMILES string of the molecule is CC1CCC(Cn2c(N)nc3cc(C#N)nc(-c4cncc(Cl)c4)c32)CC1. The molecule has 1 aliphatic rings. The van der Waals surface area contributed by atoms with Gasteiger partial charge >= 0.3 is 0 Å². The minimum absolute atomic E-state index is 0.300. The molecule has 0 saturated heterocycles. The van der Waals surface area contributed by atoms with E-state index in [0.717, 1.165) is 23.5 Å². The van der Waals surface area contributed by atoms with Gasteiger partial charge in [0.2, 0.25) is 5.95 Å². The van der Waals surface area contributed by atoms with Crippen molar-refractivity contribution in [3.05, 3.63) is 35.2 Å².